The molecule has 0 aromatic heterocycles. The number of allylic oxidation sites excluding steroid dienone is 1. The van der Waals surface area contributed by atoms with E-state index in [1.165, 1.54) is 25.2 Å². The Morgan fingerprint density at radius 1 is 1.38 bits per heavy atom. The van der Waals surface area contributed by atoms with Crippen molar-refractivity contribution in [2.45, 2.75) is 38.6 Å². The molecule has 1 atom stereocenters. The van der Waals surface area contributed by atoms with E-state index < -0.39 is 16.1 Å². The van der Waals surface area contributed by atoms with Gasteiger partial charge in [-0.2, -0.15) is 0 Å². The Balaban J connectivity index is 2.25. The summed E-state index contributed by atoms with van der Waals surface area (Å²) in [5.74, 6) is -0.0432. The molecule has 0 saturated carbocycles. The number of rotatable bonds is 7. The van der Waals surface area contributed by atoms with E-state index >= 15 is 0 Å². The average molecular weight is 401 g/mol. The van der Waals surface area contributed by atoms with Crippen LogP contribution in [0.25, 0.3) is 0 Å². The van der Waals surface area contributed by atoms with Crippen molar-refractivity contribution in [3.63, 3.8) is 0 Å². The van der Waals surface area contributed by atoms with Gasteiger partial charge in [-0.25, -0.2) is 8.42 Å². The second kappa shape index (κ2) is 8.77. The van der Waals surface area contributed by atoms with Crippen LogP contribution in [0.3, 0.4) is 0 Å². The van der Waals surface area contributed by atoms with Gasteiger partial charge in [0.2, 0.25) is 15.9 Å². The number of hydrogen-bond donors (Lipinski definition) is 1. The first kappa shape index (κ1) is 20.6. The monoisotopic (exact) mass is 400 g/mol. The molecule has 0 fully saturated rings. The number of anilines is 1. The molecule has 1 aromatic rings. The van der Waals surface area contributed by atoms with Gasteiger partial charge in [-0.1, -0.05) is 23.3 Å². The first-order valence-electron chi connectivity index (χ1n) is 8.52. The fourth-order valence-corrected chi connectivity index (χ4v) is 4.37. The molecule has 1 aliphatic rings. The highest BCUT2D eigenvalue weighted by Crippen LogP contribution is 2.34. The summed E-state index contributed by atoms with van der Waals surface area (Å²) in [6.07, 6.45) is 7.47. The normalized spacial score (nSPS) is 15.8. The van der Waals surface area contributed by atoms with E-state index in [2.05, 4.69) is 11.4 Å². The molecule has 1 aromatic carbocycles. The number of nitrogens with one attached hydrogen (secondary N) is 1. The minimum Gasteiger partial charge on any atom is -0.495 e. The van der Waals surface area contributed by atoms with Crippen LogP contribution in [-0.2, 0) is 14.8 Å². The van der Waals surface area contributed by atoms with Crippen molar-refractivity contribution < 1.29 is 17.9 Å². The fraction of sp³-hybridized carbons (Fsp3) is 0.500. The summed E-state index contributed by atoms with van der Waals surface area (Å²) in [6, 6.07) is 3.72. The molecule has 0 bridgehead atoms. The number of ether oxygens (including phenoxy) is 1. The predicted octanol–water partition coefficient (Wildman–Crippen LogP) is 3.12. The smallest absolute Gasteiger partial charge is 0.243 e. The number of sulfonamides is 1. The summed E-state index contributed by atoms with van der Waals surface area (Å²) in [5, 5.41) is 3.20. The third kappa shape index (κ3) is 5.14. The van der Waals surface area contributed by atoms with Gasteiger partial charge in [0.25, 0.3) is 0 Å². The molecule has 144 valence electrons. The number of amides is 1. The van der Waals surface area contributed by atoms with Crippen molar-refractivity contribution in [3.8, 4) is 5.75 Å². The summed E-state index contributed by atoms with van der Waals surface area (Å²) in [5.41, 5.74) is 1.42. The molecule has 1 aliphatic carbocycles. The Labute approximate surface area is 160 Å². The van der Waals surface area contributed by atoms with Crippen LogP contribution in [0.15, 0.2) is 29.8 Å². The molecule has 26 heavy (non-hydrogen) atoms. The predicted molar refractivity (Wildman–Crippen MR) is 104 cm³/mol. The highest BCUT2D eigenvalue weighted by Gasteiger charge is 2.31. The van der Waals surface area contributed by atoms with Crippen molar-refractivity contribution in [2.24, 2.45) is 0 Å². The quantitative estimate of drug-likeness (QED) is 0.713. The van der Waals surface area contributed by atoms with Crippen LogP contribution in [0.1, 0.15) is 32.6 Å². The Morgan fingerprint density at radius 2 is 2.12 bits per heavy atom. The first-order valence-corrected chi connectivity index (χ1v) is 10.7. The zero-order chi connectivity index (χ0) is 19.3. The van der Waals surface area contributed by atoms with Gasteiger partial charge in [-0.15, -0.1) is 0 Å². The van der Waals surface area contributed by atoms with Crippen LogP contribution >= 0.6 is 11.6 Å². The van der Waals surface area contributed by atoms with Gasteiger partial charge in [0.05, 0.1) is 19.1 Å². The standard InChI is InChI=1S/C18H25ClN2O4S/c1-13(18(22)20-12-14-7-5-4-6-8-14)21(26(3,23)24)16-11-15(19)9-10-17(16)25-2/h7,9-11,13H,4-6,8,12H2,1-3H3,(H,20,22). The van der Waals surface area contributed by atoms with Crippen LogP contribution < -0.4 is 14.4 Å². The van der Waals surface area contributed by atoms with Gasteiger partial charge in [0.15, 0.2) is 0 Å². The van der Waals surface area contributed by atoms with Gasteiger partial charge >= 0.3 is 0 Å². The van der Waals surface area contributed by atoms with Gasteiger partial charge in [-0.3, -0.25) is 9.10 Å². The maximum absolute atomic E-state index is 12.6. The lowest BCUT2D eigenvalue weighted by molar-refractivity contribution is -0.121. The number of methoxy groups -OCH3 is 1. The van der Waals surface area contributed by atoms with Crippen LogP contribution in [0.4, 0.5) is 5.69 Å². The van der Waals surface area contributed by atoms with E-state index in [-0.39, 0.29) is 11.6 Å². The van der Waals surface area contributed by atoms with E-state index in [9.17, 15) is 13.2 Å². The maximum Gasteiger partial charge on any atom is 0.243 e. The molecule has 0 aliphatic heterocycles. The zero-order valence-corrected chi connectivity index (χ0v) is 16.9. The van der Waals surface area contributed by atoms with E-state index in [0.717, 1.165) is 29.8 Å². The van der Waals surface area contributed by atoms with E-state index in [0.29, 0.717) is 17.3 Å². The third-order valence-corrected chi connectivity index (χ3v) is 5.80. The minimum absolute atomic E-state index is 0.238. The molecule has 1 amide bonds. The third-order valence-electron chi connectivity index (χ3n) is 4.34. The van der Waals surface area contributed by atoms with Gasteiger partial charge < -0.3 is 10.1 Å². The molecular weight excluding hydrogens is 376 g/mol. The Morgan fingerprint density at radius 3 is 2.69 bits per heavy atom. The van der Waals surface area contributed by atoms with Gasteiger partial charge in [0.1, 0.15) is 11.8 Å². The lowest BCUT2D eigenvalue weighted by atomic mass is 10.00. The SMILES string of the molecule is COc1ccc(Cl)cc1N(C(C)C(=O)NCC1=CCCCC1)S(C)(=O)=O. The van der Waals surface area contributed by atoms with Crippen LogP contribution in [0.5, 0.6) is 5.75 Å². The zero-order valence-electron chi connectivity index (χ0n) is 15.3. The molecule has 0 saturated heterocycles. The van der Waals surface area contributed by atoms with Crippen molar-refractivity contribution in [2.75, 3.05) is 24.2 Å². The molecule has 1 unspecified atom stereocenters. The highest BCUT2D eigenvalue weighted by molar-refractivity contribution is 7.92. The van der Waals surface area contributed by atoms with Crippen molar-refractivity contribution in [1.82, 2.24) is 5.32 Å². The second-order valence-corrected chi connectivity index (χ2v) is 8.67. The first-order chi connectivity index (χ1) is 12.2. The summed E-state index contributed by atoms with van der Waals surface area (Å²) in [6.45, 7) is 1.99. The Kier molecular flexibility index (Phi) is 6.94. The summed E-state index contributed by atoms with van der Waals surface area (Å²) in [7, 11) is -2.30. The fourth-order valence-electron chi connectivity index (χ4n) is 3.03. The molecule has 0 heterocycles. The molecule has 2 rings (SSSR count). The lowest BCUT2D eigenvalue weighted by Gasteiger charge is -2.29. The average Bonchev–Trinajstić information content (AvgIpc) is 2.59. The molecular formula is C18H25ClN2O4S. The number of carbonyl (C=O) groups is 1. The lowest BCUT2D eigenvalue weighted by Crippen LogP contribution is -2.48. The topological polar surface area (TPSA) is 75.7 Å². The van der Waals surface area contributed by atoms with Crippen LogP contribution in [0.2, 0.25) is 5.02 Å². The summed E-state index contributed by atoms with van der Waals surface area (Å²) < 4.78 is 31.1. The molecule has 1 N–H and O–H groups in total. The molecule has 6 nitrogen and oxygen atoms in total. The summed E-state index contributed by atoms with van der Waals surface area (Å²) in [4.78, 5) is 12.6. The largest absolute Gasteiger partial charge is 0.495 e. The van der Waals surface area contributed by atoms with E-state index in [1.807, 2.05) is 0 Å². The van der Waals surface area contributed by atoms with E-state index in [1.54, 1.807) is 19.1 Å². The van der Waals surface area contributed by atoms with Gasteiger partial charge in [-0.05, 0) is 50.8 Å². The minimum atomic E-state index is -3.74. The van der Waals surface area contributed by atoms with Crippen molar-refractivity contribution in [3.05, 3.63) is 34.9 Å². The number of hydrogen-bond acceptors (Lipinski definition) is 4. The van der Waals surface area contributed by atoms with Crippen LogP contribution in [0, 0.1) is 0 Å². The van der Waals surface area contributed by atoms with E-state index in [4.69, 9.17) is 16.3 Å². The molecule has 0 spiro atoms. The molecule has 8 heteroatoms. The number of carbonyl (C=O) groups excluding carboxylic acids is 1. The van der Waals surface area contributed by atoms with Gasteiger partial charge in [0, 0.05) is 11.6 Å². The Bertz CT molecular complexity index is 792. The number of nitrogens with zero attached hydrogens (tertiary/aromatic N) is 1. The van der Waals surface area contributed by atoms with Crippen molar-refractivity contribution in [1.29, 1.82) is 0 Å². The second-order valence-electron chi connectivity index (χ2n) is 6.38. The summed E-state index contributed by atoms with van der Waals surface area (Å²) >= 11 is 6.03. The number of benzene rings is 1. The molecule has 0 radical (unpaired) electrons. The highest BCUT2D eigenvalue weighted by atomic mass is 35.5. The van der Waals surface area contributed by atoms with Crippen molar-refractivity contribution >= 4 is 33.2 Å². The van der Waals surface area contributed by atoms with Crippen LogP contribution in [-0.4, -0.2) is 40.3 Å². The number of halogens is 1. The Hall–Kier alpha value is -1.73. The maximum atomic E-state index is 12.6.